The topological polar surface area (TPSA) is 551 Å². The predicted octanol–water partition coefficient (Wildman–Crippen LogP) is -5.78. The van der Waals surface area contributed by atoms with Crippen molar-refractivity contribution in [3.63, 3.8) is 0 Å². The lowest BCUT2D eigenvalue weighted by Gasteiger charge is -2.26. The van der Waals surface area contributed by atoms with Gasteiger partial charge in [0.2, 0.25) is 17.7 Å². The van der Waals surface area contributed by atoms with Crippen molar-refractivity contribution in [2.24, 2.45) is 116 Å². The molecule has 28 nitrogen and oxygen atoms in total. The Morgan fingerprint density at radius 1 is 0.368 bits per heavy atom. The number of amides is 3. The number of aliphatic imine (C=N–C) groups is 6. The summed E-state index contributed by atoms with van der Waals surface area (Å²) in [4.78, 5) is 107. The molecular weight excluding hydrogens is 885 g/mol. The van der Waals surface area contributed by atoms with Crippen LogP contribution in [0.25, 0.3) is 0 Å². The third-order valence-corrected chi connectivity index (χ3v) is 10.3. The molecule has 386 valence electrons. The molecule has 0 rings (SSSR count). The second-order valence-corrected chi connectivity index (χ2v) is 16.0. The van der Waals surface area contributed by atoms with Crippen LogP contribution in [0.3, 0.4) is 0 Å². The van der Waals surface area contributed by atoms with Crippen molar-refractivity contribution in [2.75, 3.05) is 39.3 Å². The lowest BCUT2D eigenvalue weighted by atomic mass is 9.89. The molecule has 6 atom stereocenters. The summed E-state index contributed by atoms with van der Waals surface area (Å²) in [5.41, 5.74) is 71.9. The average Bonchev–Trinajstić information content (AvgIpc) is 3.26. The molecule has 28 heteroatoms. The minimum absolute atomic E-state index is 0.0324. The van der Waals surface area contributed by atoms with Crippen molar-refractivity contribution in [1.29, 1.82) is 0 Å². The normalized spacial score (nSPS) is 13.3. The molecule has 0 aromatic heterocycles. The number of ketones is 3. The van der Waals surface area contributed by atoms with Gasteiger partial charge in [-0.15, -0.1) is 0 Å². The number of hydrogen-bond donors (Lipinski definition) is 16. The lowest BCUT2D eigenvalue weighted by Crippen LogP contribution is -2.50. The van der Waals surface area contributed by atoms with Gasteiger partial charge in [-0.3, -0.25) is 58.7 Å². The second-order valence-electron chi connectivity index (χ2n) is 16.0. The second kappa shape index (κ2) is 35.2. The molecule has 0 radical (unpaired) electrons. The number of hydrogen-bond acceptors (Lipinski definition) is 13. The van der Waals surface area contributed by atoms with Gasteiger partial charge in [0.15, 0.2) is 53.1 Å². The zero-order valence-electron chi connectivity index (χ0n) is 39.5. The van der Waals surface area contributed by atoms with E-state index in [0.717, 1.165) is 0 Å². The summed E-state index contributed by atoms with van der Waals surface area (Å²) in [6, 6.07) is -4.22. The minimum atomic E-state index is -1.19. The molecule has 0 aliphatic carbocycles. The van der Waals surface area contributed by atoms with Crippen LogP contribution in [-0.2, 0) is 28.8 Å². The number of carbonyl (C=O) groups excluding carboxylic acids is 6. The molecule has 0 spiro atoms. The smallest absolute Gasteiger partial charge is 0.237 e. The SMILES string of the molecule is CCC(=O)[C@H](CCCN=C(N)N)NC(=O)[C@H](CCCN=C(N)N)CC(=O)[C@H](CCCN=C(N)N)NC(=O)[C@H](CCCN=C(N)N)CC(=O)[C@H](CCCN=C(N)N)NC(=O)[C@@H](N)CCCN=C(N)N. The van der Waals surface area contributed by atoms with Crippen LogP contribution in [0.15, 0.2) is 30.0 Å². The molecule has 0 aromatic rings. The van der Waals surface area contributed by atoms with Crippen molar-refractivity contribution in [3.8, 4) is 0 Å². The number of nitrogens with one attached hydrogen (secondary N) is 3. The van der Waals surface area contributed by atoms with Crippen molar-refractivity contribution in [1.82, 2.24) is 16.0 Å². The molecule has 29 N–H and O–H groups in total. The van der Waals surface area contributed by atoms with Crippen LogP contribution in [0.5, 0.6) is 0 Å². The summed E-state index contributed by atoms with van der Waals surface area (Å²) in [6.07, 6.45) is 1.90. The average molecular weight is 965 g/mol. The maximum atomic E-state index is 14.3. The van der Waals surface area contributed by atoms with E-state index in [2.05, 4.69) is 45.9 Å². The van der Waals surface area contributed by atoms with Crippen LogP contribution in [0.4, 0.5) is 0 Å². The van der Waals surface area contributed by atoms with Gasteiger partial charge in [0.05, 0.1) is 24.2 Å². The fourth-order valence-electron chi connectivity index (χ4n) is 6.72. The summed E-state index contributed by atoms with van der Waals surface area (Å²) in [7, 11) is 0. The molecule has 0 aromatic carbocycles. The number of carbonyl (C=O) groups is 6. The van der Waals surface area contributed by atoms with Crippen LogP contribution in [-0.4, -0.2) is 134 Å². The molecular formula is C40H80N22O6. The van der Waals surface area contributed by atoms with Crippen LogP contribution in [0.1, 0.15) is 103 Å². The number of guanidine groups is 6. The van der Waals surface area contributed by atoms with Crippen LogP contribution < -0.4 is 90.5 Å². The maximum Gasteiger partial charge on any atom is 0.237 e. The van der Waals surface area contributed by atoms with E-state index in [4.69, 9.17) is 74.5 Å². The van der Waals surface area contributed by atoms with Crippen LogP contribution in [0.2, 0.25) is 0 Å². The lowest BCUT2D eigenvalue weighted by molar-refractivity contribution is -0.135. The molecule has 0 aliphatic heterocycles. The molecule has 0 bridgehead atoms. The summed E-state index contributed by atoms with van der Waals surface area (Å²) in [5.74, 6) is -6.12. The van der Waals surface area contributed by atoms with Gasteiger partial charge in [-0.25, -0.2) is 0 Å². The fourth-order valence-corrected chi connectivity index (χ4v) is 6.72. The Kier molecular flexibility index (Phi) is 31.6. The first kappa shape index (κ1) is 61.0. The van der Waals surface area contributed by atoms with Gasteiger partial charge in [-0.05, 0) is 77.0 Å². The van der Waals surface area contributed by atoms with Crippen LogP contribution in [0, 0.1) is 11.8 Å². The van der Waals surface area contributed by atoms with Gasteiger partial charge in [0.25, 0.3) is 0 Å². The Hall–Kier alpha value is -7.00. The van der Waals surface area contributed by atoms with Gasteiger partial charge in [0.1, 0.15) is 0 Å². The number of nitrogens with zero attached hydrogens (tertiary/aromatic N) is 6. The Labute approximate surface area is 397 Å². The highest BCUT2D eigenvalue weighted by Gasteiger charge is 2.33. The number of nitrogens with two attached hydrogens (primary N) is 13. The molecule has 0 aliphatic rings. The number of rotatable bonds is 38. The van der Waals surface area contributed by atoms with Gasteiger partial charge in [0, 0.05) is 70.4 Å². The van der Waals surface area contributed by atoms with E-state index >= 15 is 0 Å². The molecule has 68 heavy (non-hydrogen) atoms. The summed E-state index contributed by atoms with van der Waals surface area (Å²) < 4.78 is 0. The molecule has 0 unspecified atom stereocenters. The van der Waals surface area contributed by atoms with Gasteiger partial charge < -0.3 is 90.5 Å². The molecule has 3 amide bonds. The molecule has 0 fully saturated rings. The Balaban J connectivity index is 6.84. The Morgan fingerprint density at radius 3 is 0.897 bits per heavy atom. The summed E-state index contributed by atoms with van der Waals surface area (Å²) in [6.45, 7) is 2.61. The largest absolute Gasteiger partial charge is 0.370 e. The van der Waals surface area contributed by atoms with Gasteiger partial charge in [-0.2, -0.15) is 0 Å². The van der Waals surface area contributed by atoms with Crippen molar-refractivity contribution < 1.29 is 28.8 Å². The Bertz CT molecular complexity index is 1760. The predicted molar refractivity (Wildman–Crippen MR) is 265 cm³/mol. The zero-order valence-corrected chi connectivity index (χ0v) is 39.5. The summed E-state index contributed by atoms with van der Waals surface area (Å²) >= 11 is 0. The monoisotopic (exact) mass is 965 g/mol. The first-order valence-electron chi connectivity index (χ1n) is 22.6. The van der Waals surface area contributed by atoms with Crippen molar-refractivity contribution >= 4 is 70.8 Å². The number of Topliss-reactive ketones (excluding diaryl/α,β-unsaturated/α-hetero) is 3. The first-order chi connectivity index (χ1) is 32.1. The van der Waals surface area contributed by atoms with E-state index < -0.39 is 65.3 Å². The van der Waals surface area contributed by atoms with Gasteiger partial charge >= 0.3 is 0 Å². The Morgan fingerprint density at radius 2 is 0.618 bits per heavy atom. The third-order valence-electron chi connectivity index (χ3n) is 10.3. The molecule has 0 saturated carbocycles. The van der Waals surface area contributed by atoms with E-state index in [-0.39, 0.29) is 164 Å². The molecule has 0 saturated heterocycles. The highest BCUT2D eigenvalue weighted by Crippen LogP contribution is 2.20. The molecule has 0 heterocycles. The maximum absolute atomic E-state index is 14.3. The zero-order chi connectivity index (χ0) is 51.6. The standard InChI is InChI=1S/C40H80N22O6/c1-2-29(63)26(12-6-18-57-38(48)49)60-32(66)23(9-3-15-54-35(42)43)21-30(64)27(13-7-19-58-39(50)51)61-33(67)24(10-4-16-55-36(44)45)22-31(65)28(14-8-20-59-40(52)53)62-34(68)25(41)11-5-17-56-37(46)47/h23-28H,2-22,41H2,1H3,(H,60,66)(H,61,67)(H,62,68)(H4,42,43,54)(H4,44,45,55)(H4,46,47,56)(H4,48,49,57)(H4,50,51,58)(H4,52,53,59)/t23-,24-,25+,26+,27+,28+/m1/s1. The van der Waals surface area contributed by atoms with Gasteiger partial charge in [-0.1, -0.05) is 6.92 Å². The van der Waals surface area contributed by atoms with E-state index in [9.17, 15) is 28.8 Å². The van der Waals surface area contributed by atoms with Crippen molar-refractivity contribution in [2.45, 2.75) is 127 Å². The van der Waals surface area contributed by atoms with E-state index in [1.54, 1.807) is 6.92 Å². The van der Waals surface area contributed by atoms with E-state index in [1.165, 1.54) is 0 Å². The quantitative estimate of drug-likeness (QED) is 0.0156. The minimum Gasteiger partial charge on any atom is -0.370 e. The van der Waals surface area contributed by atoms with E-state index in [0.29, 0.717) is 12.8 Å². The van der Waals surface area contributed by atoms with E-state index in [1.807, 2.05) is 0 Å². The fraction of sp³-hybridized carbons (Fsp3) is 0.700. The highest BCUT2D eigenvalue weighted by molar-refractivity contribution is 5.96. The summed E-state index contributed by atoms with van der Waals surface area (Å²) in [5, 5.41) is 8.31. The van der Waals surface area contributed by atoms with Crippen molar-refractivity contribution in [3.05, 3.63) is 0 Å². The highest BCUT2D eigenvalue weighted by atomic mass is 16.2. The first-order valence-corrected chi connectivity index (χ1v) is 22.6. The third kappa shape index (κ3) is 30.3. The van der Waals surface area contributed by atoms with Crippen LogP contribution >= 0.6 is 0 Å².